The van der Waals surface area contributed by atoms with E-state index in [1.807, 2.05) is 5.43 Å². The molecule has 3 N–H and O–H groups in total. The molecule has 0 aromatic carbocycles. The van der Waals surface area contributed by atoms with Gasteiger partial charge in [-0.1, -0.05) is 11.6 Å². The molecule has 0 aliphatic heterocycles. The molecular weight excluding hydrogens is 210 g/mol. The van der Waals surface area contributed by atoms with Gasteiger partial charge in [-0.3, -0.25) is 15.2 Å². The number of rotatable bonds is 2. The van der Waals surface area contributed by atoms with Crippen molar-refractivity contribution in [3.8, 4) is 0 Å². The summed E-state index contributed by atoms with van der Waals surface area (Å²) in [6.07, 6.45) is 1.40. The Morgan fingerprint density at radius 3 is 2.92 bits per heavy atom. The van der Waals surface area contributed by atoms with Crippen molar-refractivity contribution in [2.75, 3.05) is 0 Å². The van der Waals surface area contributed by atoms with E-state index in [4.69, 9.17) is 17.4 Å². The number of carbonyl (C=O) groups is 1. The Labute approximate surface area is 85.9 Å². The molecule has 1 heterocycles. The molecule has 0 spiro atoms. The lowest BCUT2D eigenvalue weighted by Crippen LogP contribution is -2.30. The average molecular weight is 218 g/mol. The van der Waals surface area contributed by atoms with Crippen LogP contribution in [0.2, 0.25) is 5.02 Å². The van der Waals surface area contributed by atoms with Gasteiger partial charge in [0.15, 0.2) is 0 Å². The van der Waals surface area contributed by atoms with Gasteiger partial charge in [-0.25, -0.2) is 5.84 Å². The summed E-state index contributed by atoms with van der Waals surface area (Å²) < 4.78 is 0. The average Bonchev–Trinajstić information content (AvgIpc) is 2.16. The zero-order chi connectivity index (χ0) is 9.84. The highest BCUT2D eigenvalue weighted by atomic mass is 35.5. The van der Waals surface area contributed by atoms with Gasteiger partial charge in [0, 0.05) is 11.9 Å². The number of thiol groups is 1. The first-order valence-electron chi connectivity index (χ1n) is 3.45. The number of nitrogens with zero attached hydrogens (tertiary/aromatic N) is 1. The van der Waals surface area contributed by atoms with Crippen LogP contribution in [0.3, 0.4) is 0 Å². The highest BCUT2D eigenvalue weighted by Gasteiger charge is 2.07. The highest BCUT2D eigenvalue weighted by Crippen LogP contribution is 2.16. The molecule has 0 fully saturated rings. The molecule has 0 bridgehead atoms. The standard InChI is InChI=1S/C7H8ClN3OS/c8-5-1-4(7(12)11-9)2-10-6(5)3-13/h1-2,13H,3,9H2,(H,11,12). The Morgan fingerprint density at radius 1 is 1.77 bits per heavy atom. The monoisotopic (exact) mass is 217 g/mol. The topological polar surface area (TPSA) is 68.0 Å². The fourth-order valence-corrected chi connectivity index (χ4v) is 1.37. The lowest BCUT2D eigenvalue weighted by Gasteiger charge is -2.02. The Kier molecular flexibility index (Phi) is 3.53. The second kappa shape index (κ2) is 4.45. The molecule has 0 aliphatic rings. The van der Waals surface area contributed by atoms with Gasteiger partial charge in [0.25, 0.3) is 5.91 Å². The summed E-state index contributed by atoms with van der Waals surface area (Å²) in [5.74, 6) is 4.96. The molecule has 4 nitrogen and oxygen atoms in total. The van der Waals surface area contributed by atoms with Crippen LogP contribution in [0, 0.1) is 0 Å². The van der Waals surface area contributed by atoms with E-state index < -0.39 is 5.91 Å². The summed E-state index contributed by atoms with van der Waals surface area (Å²) in [6.45, 7) is 0. The van der Waals surface area contributed by atoms with Crippen molar-refractivity contribution in [1.82, 2.24) is 10.4 Å². The number of aromatic nitrogens is 1. The molecule has 70 valence electrons. The number of carbonyl (C=O) groups excluding carboxylic acids is 1. The van der Waals surface area contributed by atoms with Crippen molar-refractivity contribution in [1.29, 1.82) is 0 Å². The van der Waals surface area contributed by atoms with E-state index in [0.29, 0.717) is 22.0 Å². The fraction of sp³-hybridized carbons (Fsp3) is 0.143. The molecule has 0 atom stereocenters. The van der Waals surface area contributed by atoms with Crippen molar-refractivity contribution in [2.45, 2.75) is 5.75 Å². The minimum Gasteiger partial charge on any atom is -0.290 e. The van der Waals surface area contributed by atoms with Crippen LogP contribution >= 0.6 is 24.2 Å². The number of nitrogens with two attached hydrogens (primary N) is 1. The molecule has 1 rings (SSSR count). The van der Waals surface area contributed by atoms with Crippen molar-refractivity contribution in [2.24, 2.45) is 5.84 Å². The van der Waals surface area contributed by atoms with Crippen LogP contribution in [0.4, 0.5) is 0 Å². The molecule has 0 unspecified atom stereocenters. The number of amides is 1. The van der Waals surface area contributed by atoms with Crippen LogP contribution in [-0.2, 0) is 5.75 Å². The first-order valence-corrected chi connectivity index (χ1v) is 4.46. The number of pyridine rings is 1. The lowest BCUT2D eigenvalue weighted by molar-refractivity contribution is 0.0953. The number of hydrogen-bond donors (Lipinski definition) is 3. The third-order valence-corrected chi connectivity index (χ3v) is 2.09. The lowest BCUT2D eigenvalue weighted by atomic mass is 10.2. The largest absolute Gasteiger partial charge is 0.290 e. The predicted molar refractivity (Wildman–Crippen MR) is 53.6 cm³/mol. The van der Waals surface area contributed by atoms with E-state index in [1.165, 1.54) is 12.3 Å². The normalized spacial score (nSPS) is 9.77. The molecule has 13 heavy (non-hydrogen) atoms. The summed E-state index contributed by atoms with van der Waals surface area (Å²) in [4.78, 5) is 15.0. The highest BCUT2D eigenvalue weighted by molar-refractivity contribution is 7.79. The summed E-state index contributed by atoms with van der Waals surface area (Å²) in [7, 11) is 0. The minimum atomic E-state index is -0.417. The number of hydrazine groups is 1. The smallest absolute Gasteiger partial charge is 0.266 e. The van der Waals surface area contributed by atoms with Crippen molar-refractivity contribution in [3.05, 3.63) is 28.5 Å². The van der Waals surface area contributed by atoms with Gasteiger partial charge < -0.3 is 0 Å². The van der Waals surface area contributed by atoms with Crippen LogP contribution in [0.25, 0.3) is 0 Å². The first kappa shape index (κ1) is 10.3. The van der Waals surface area contributed by atoms with E-state index in [-0.39, 0.29) is 0 Å². The van der Waals surface area contributed by atoms with E-state index in [2.05, 4.69) is 17.6 Å². The Balaban J connectivity index is 3.02. The van der Waals surface area contributed by atoms with Crippen molar-refractivity contribution < 1.29 is 4.79 Å². The van der Waals surface area contributed by atoms with E-state index in [0.717, 1.165) is 0 Å². The maximum atomic E-state index is 11.0. The molecule has 0 saturated carbocycles. The predicted octanol–water partition coefficient (Wildman–Crippen LogP) is 0.768. The van der Waals surface area contributed by atoms with E-state index >= 15 is 0 Å². The van der Waals surface area contributed by atoms with E-state index in [9.17, 15) is 4.79 Å². The Morgan fingerprint density at radius 2 is 2.46 bits per heavy atom. The molecule has 0 radical (unpaired) electrons. The maximum Gasteiger partial charge on any atom is 0.266 e. The van der Waals surface area contributed by atoms with Gasteiger partial charge in [-0.05, 0) is 6.07 Å². The molecule has 6 heteroatoms. The number of hydrogen-bond acceptors (Lipinski definition) is 4. The van der Waals surface area contributed by atoms with Crippen molar-refractivity contribution in [3.63, 3.8) is 0 Å². The van der Waals surface area contributed by atoms with Crippen LogP contribution in [-0.4, -0.2) is 10.9 Å². The van der Waals surface area contributed by atoms with Gasteiger partial charge in [-0.15, -0.1) is 0 Å². The van der Waals surface area contributed by atoms with Gasteiger partial charge >= 0.3 is 0 Å². The summed E-state index contributed by atoms with van der Waals surface area (Å²) in [5, 5.41) is 0.413. The quantitative estimate of drug-likeness (QED) is 0.297. The molecule has 0 aliphatic carbocycles. The van der Waals surface area contributed by atoms with Crippen LogP contribution in [0.5, 0.6) is 0 Å². The third-order valence-electron chi connectivity index (χ3n) is 1.46. The van der Waals surface area contributed by atoms with Gasteiger partial charge in [0.2, 0.25) is 0 Å². The van der Waals surface area contributed by atoms with Gasteiger partial charge in [-0.2, -0.15) is 12.6 Å². The summed E-state index contributed by atoms with van der Waals surface area (Å²) in [6, 6.07) is 1.50. The summed E-state index contributed by atoms with van der Waals surface area (Å²) >= 11 is 9.81. The number of nitrogens with one attached hydrogen (secondary N) is 1. The maximum absolute atomic E-state index is 11.0. The Hall–Kier alpha value is -0.780. The molecule has 0 saturated heterocycles. The van der Waals surface area contributed by atoms with Gasteiger partial charge in [0.1, 0.15) is 0 Å². The molecular formula is C7H8ClN3OS. The molecule has 1 aromatic heterocycles. The van der Waals surface area contributed by atoms with E-state index in [1.54, 1.807) is 0 Å². The number of nitrogen functional groups attached to an aromatic ring is 1. The minimum absolute atomic E-state index is 0.332. The van der Waals surface area contributed by atoms with Crippen LogP contribution in [0.15, 0.2) is 12.3 Å². The summed E-state index contributed by atoms with van der Waals surface area (Å²) in [5.41, 5.74) is 2.96. The van der Waals surface area contributed by atoms with Gasteiger partial charge in [0.05, 0.1) is 16.3 Å². The SMILES string of the molecule is NNC(=O)c1cnc(CS)c(Cl)c1. The molecule has 1 amide bonds. The van der Waals surface area contributed by atoms with Crippen LogP contribution in [0.1, 0.15) is 16.1 Å². The Bertz CT molecular complexity index is 332. The zero-order valence-corrected chi connectivity index (χ0v) is 8.27. The third kappa shape index (κ3) is 2.33. The fourth-order valence-electron chi connectivity index (χ4n) is 0.790. The van der Waals surface area contributed by atoms with Crippen LogP contribution < -0.4 is 11.3 Å². The first-order chi connectivity index (χ1) is 6.19. The zero-order valence-electron chi connectivity index (χ0n) is 6.62. The second-order valence-electron chi connectivity index (χ2n) is 2.28. The number of halogens is 1. The van der Waals surface area contributed by atoms with Crippen molar-refractivity contribution >= 4 is 30.1 Å². The molecule has 1 aromatic rings. The second-order valence-corrected chi connectivity index (χ2v) is 3.01.